The molecule has 0 saturated heterocycles. The highest BCUT2D eigenvalue weighted by Crippen LogP contribution is 2.33. The maximum atomic E-state index is 13.0. The van der Waals surface area contributed by atoms with Crippen LogP contribution >= 0.6 is 15.9 Å². The average Bonchev–Trinajstić information content (AvgIpc) is 2.47. The van der Waals surface area contributed by atoms with Crippen molar-refractivity contribution in [1.29, 1.82) is 0 Å². The van der Waals surface area contributed by atoms with Crippen molar-refractivity contribution in [2.24, 2.45) is 0 Å². The summed E-state index contributed by atoms with van der Waals surface area (Å²) in [6, 6.07) is 5.80. The predicted molar refractivity (Wildman–Crippen MR) is 86.6 cm³/mol. The molecule has 1 aliphatic rings. The Morgan fingerprint density at radius 3 is 2.33 bits per heavy atom. The molecule has 1 aromatic carbocycles. The Kier molecular flexibility index (Phi) is 5.91. The summed E-state index contributed by atoms with van der Waals surface area (Å²) < 4.78 is 10.7. The number of rotatable bonds is 7. The minimum absolute atomic E-state index is 0.00921. The van der Waals surface area contributed by atoms with E-state index >= 15 is 0 Å². The van der Waals surface area contributed by atoms with Crippen LogP contribution in [0.15, 0.2) is 18.2 Å². The number of carbonyl (C=O) groups excluding carboxylic acids is 1. The third kappa shape index (κ3) is 3.51. The normalized spacial score (nSPS) is 14.4. The van der Waals surface area contributed by atoms with Crippen molar-refractivity contribution in [1.82, 2.24) is 4.90 Å². The molecule has 0 N–H and O–H groups in total. The fraction of sp³-hybridized carbons (Fsp3) is 0.562. The van der Waals surface area contributed by atoms with Crippen LogP contribution in [-0.4, -0.2) is 42.9 Å². The summed E-state index contributed by atoms with van der Waals surface area (Å²) in [5.41, 5.74) is 0.531. The number of hydrogen-bond acceptors (Lipinski definition) is 3. The monoisotopic (exact) mass is 355 g/mol. The van der Waals surface area contributed by atoms with Crippen molar-refractivity contribution in [2.45, 2.75) is 31.7 Å². The van der Waals surface area contributed by atoms with Crippen LogP contribution in [0.4, 0.5) is 0 Å². The number of halogens is 1. The molecule has 0 bridgehead atoms. The number of nitrogens with zero attached hydrogens (tertiary/aromatic N) is 1. The van der Waals surface area contributed by atoms with Crippen LogP contribution < -0.4 is 9.47 Å². The smallest absolute Gasteiger partial charge is 0.261 e. The molecule has 1 aromatic rings. The molecule has 1 saturated carbocycles. The van der Waals surface area contributed by atoms with E-state index in [2.05, 4.69) is 15.9 Å². The molecule has 0 aromatic heterocycles. The summed E-state index contributed by atoms with van der Waals surface area (Å²) in [5, 5.41) is 0.895. The SMILES string of the molecule is COc1cccc(OC)c1C(=O)N(CCCBr)C1CCC1. The Morgan fingerprint density at radius 2 is 1.90 bits per heavy atom. The number of ether oxygens (including phenoxy) is 2. The molecule has 2 rings (SSSR count). The summed E-state index contributed by atoms with van der Waals surface area (Å²) in [4.78, 5) is 15.0. The first kappa shape index (κ1) is 16.1. The second kappa shape index (κ2) is 7.69. The lowest BCUT2D eigenvalue weighted by molar-refractivity contribution is 0.0574. The zero-order valence-electron chi connectivity index (χ0n) is 12.6. The summed E-state index contributed by atoms with van der Waals surface area (Å²) in [6.07, 6.45) is 4.32. The molecule has 0 heterocycles. The van der Waals surface area contributed by atoms with Crippen molar-refractivity contribution in [3.05, 3.63) is 23.8 Å². The average molecular weight is 356 g/mol. The number of benzene rings is 1. The Balaban J connectivity index is 2.30. The van der Waals surface area contributed by atoms with E-state index in [4.69, 9.17) is 9.47 Å². The Bertz CT molecular complexity index is 466. The van der Waals surface area contributed by atoms with Gasteiger partial charge in [-0.15, -0.1) is 0 Å². The molecule has 0 radical (unpaired) electrons. The summed E-state index contributed by atoms with van der Waals surface area (Å²) in [6.45, 7) is 0.760. The third-order valence-corrected chi connectivity index (χ3v) is 4.51. The molecule has 0 atom stereocenters. The van der Waals surface area contributed by atoms with Gasteiger partial charge in [0.15, 0.2) is 0 Å². The van der Waals surface area contributed by atoms with E-state index in [9.17, 15) is 4.79 Å². The first-order valence-corrected chi connectivity index (χ1v) is 8.43. The predicted octanol–water partition coefficient (Wildman–Crippen LogP) is 3.48. The highest BCUT2D eigenvalue weighted by atomic mass is 79.9. The third-order valence-electron chi connectivity index (χ3n) is 3.95. The van der Waals surface area contributed by atoms with E-state index in [0.29, 0.717) is 23.1 Å². The van der Waals surface area contributed by atoms with Crippen LogP contribution in [0.5, 0.6) is 11.5 Å². The van der Waals surface area contributed by atoms with E-state index in [1.807, 2.05) is 11.0 Å². The van der Waals surface area contributed by atoms with Crippen LogP contribution in [-0.2, 0) is 0 Å². The van der Waals surface area contributed by atoms with E-state index in [-0.39, 0.29) is 5.91 Å². The van der Waals surface area contributed by atoms with Crippen molar-refractivity contribution in [2.75, 3.05) is 26.1 Å². The van der Waals surface area contributed by atoms with E-state index in [1.54, 1.807) is 26.4 Å². The maximum Gasteiger partial charge on any atom is 0.261 e. The second-order valence-electron chi connectivity index (χ2n) is 5.16. The number of alkyl halides is 1. The number of hydrogen-bond donors (Lipinski definition) is 0. The molecule has 116 valence electrons. The minimum atomic E-state index is 0.00921. The van der Waals surface area contributed by atoms with Crippen LogP contribution in [0.25, 0.3) is 0 Å². The fourth-order valence-corrected chi connectivity index (χ4v) is 2.83. The Hall–Kier alpha value is -1.23. The molecule has 4 nitrogen and oxygen atoms in total. The molecule has 1 amide bonds. The van der Waals surface area contributed by atoms with Gasteiger partial charge in [-0.2, -0.15) is 0 Å². The van der Waals surface area contributed by atoms with Gasteiger partial charge >= 0.3 is 0 Å². The van der Waals surface area contributed by atoms with Gasteiger partial charge in [0, 0.05) is 17.9 Å². The first-order valence-electron chi connectivity index (χ1n) is 7.30. The molecule has 21 heavy (non-hydrogen) atoms. The standard InChI is InChI=1S/C16H22BrNO3/c1-20-13-8-4-9-14(21-2)15(13)16(19)18(11-5-10-17)12-6-3-7-12/h4,8-9,12H,3,5-7,10-11H2,1-2H3. The highest BCUT2D eigenvalue weighted by Gasteiger charge is 2.32. The van der Waals surface area contributed by atoms with Crippen molar-refractivity contribution in [3.8, 4) is 11.5 Å². The molecule has 0 unspecified atom stereocenters. The molecular formula is C16H22BrNO3. The van der Waals surface area contributed by atoms with Crippen molar-refractivity contribution in [3.63, 3.8) is 0 Å². The van der Waals surface area contributed by atoms with Gasteiger partial charge in [0.2, 0.25) is 0 Å². The van der Waals surface area contributed by atoms with Gasteiger partial charge in [0.1, 0.15) is 17.1 Å². The van der Waals surface area contributed by atoms with E-state index in [0.717, 1.165) is 31.1 Å². The molecular weight excluding hydrogens is 334 g/mol. The van der Waals surface area contributed by atoms with E-state index in [1.165, 1.54) is 6.42 Å². The highest BCUT2D eigenvalue weighted by molar-refractivity contribution is 9.09. The quantitative estimate of drug-likeness (QED) is 0.702. The van der Waals surface area contributed by atoms with E-state index < -0.39 is 0 Å². The maximum absolute atomic E-state index is 13.0. The topological polar surface area (TPSA) is 38.8 Å². The van der Waals surface area contributed by atoms with Crippen LogP contribution in [0.1, 0.15) is 36.0 Å². The van der Waals surface area contributed by atoms with Gasteiger partial charge in [-0.3, -0.25) is 4.79 Å². The van der Waals surface area contributed by atoms with Gasteiger partial charge < -0.3 is 14.4 Å². The second-order valence-corrected chi connectivity index (χ2v) is 5.96. The van der Waals surface area contributed by atoms with Gasteiger partial charge in [0.25, 0.3) is 5.91 Å². The van der Waals surface area contributed by atoms with Crippen LogP contribution in [0.2, 0.25) is 0 Å². The lowest BCUT2D eigenvalue weighted by Gasteiger charge is -2.38. The number of methoxy groups -OCH3 is 2. The molecule has 5 heteroatoms. The lowest BCUT2D eigenvalue weighted by Crippen LogP contribution is -2.45. The zero-order chi connectivity index (χ0) is 15.2. The number of carbonyl (C=O) groups is 1. The van der Waals surface area contributed by atoms with Gasteiger partial charge in [-0.1, -0.05) is 22.0 Å². The Labute approximate surface area is 134 Å². The van der Waals surface area contributed by atoms with Crippen LogP contribution in [0.3, 0.4) is 0 Å². The largest absolute Gasteiger partial charge is 0.496 e. The fourth-order valence-electron chi connectivity index (χ4n) is 2.58. The first-order chi connectivity index (χ1) is 10.2. The lowest BCUT2D eigenvalue weighted by atomic mass is 9.90. The Morgan fingerprint density at radius 1 is 1.29 bits per heavy atom. The molecule has 0 spiro atoms. The molecule has 1 aliphatic carbocycles. The zero-order valence-corrected chi connectivity index (χ0v) is 14.2. The molecule has 1 fully saturated rings. The van der Waals surface area contributed by atoms with Gasteiger partial charge in [0.05, 0.1) is 14.2 Å². The number of amides is 1. The van der Waals surface area contributed by atoms with Crippen molar-refractivity contribution >= 4 is 21.8 Å². The van der Waals surface area contributed by atoms with Crippen LogP contribution in [0, 0.1) is 0 Å². The van der Waals surface area contributed by atoms with Gasteiger partial charge in [-0.25, -0.2) is 0 Å². The minimum Gasteiger partial charge on any atom is -0.496 e. The van der Waals surface area contributed by atoms with Crippen molar-refractivity contribution < 1.29 is 14.3 Å². The summed E-state index contributed by atoms with van der Waals surface area (Å²) in [7, 11) is 3.16. The summed E-state index contributed by atoms with van der Waals surface area (Å²) in [5.74, 6) is 1.15. The summed E-state index contributed by atoms with van der Waals surface area (Å²) >= 11 is 3.44. The van der Waals surface area contributed by atoms with Gasteiger partial charge in [-0.05, 0) is 37.8 Å². The molecule has 0 aliphatic heterocycles.